The minimum Gasteiger partial charge on any atom is -0.327 e. The summed E-state index contributed by atoms with van der Waals surface area (Å²) in [5.41, 5.74) is 5.82. The van der Waals surface area contributed by atoms with Crippen LogP contribution in [0.1, 0.15) is 31.9 Å². The lowest BCUT2D eigenvalue weighted by atomic mass is 9.95. The van der Waals surface area contributed by atoms with Crippen LogP contribution >= 0.6 is 15.9 Å². The molecule has 0 aliphatic carbocycles. The molecule has 90 valence electrons. The van der Waals surface area contributed by atoms with E-state index in [4.69, 9.17) is 5.73 Å². The number of benzene rings is 1. The van der Waals surface area contributed by atoms with Gasteiger partial charge in [-0.15, -0.1) is 0 Å². The summed E-state index contributed by atoms with van der Waals surface area (Å²) in [6.07, 6.45) is 0.993. The molecule has 0 radical (unpaired) electrons. The van der Waals surface area contributed by atoms with Crippen LogP contribution in [0.25, 0.3) is 0 Å². The standard InChI is InChI=1S/C13H19BrFN/c1-9(2)6-10-4-5-11(7-12(10)14)13(3,15)8-16/h4-5,7,9H,6,8,16H2,1-3H3. The summed E-state index contributed by atoms with van der Waals surface area (Å²) in [5, 5.41) is 0. The maximum atomic E-state index is 14.0. The Bertz CT molecular complexity index is 361. The van der Waals surface area contributed by atoms with Crippen molar-refractivity contribution < 1.29 is 4.39 Å². The molecule has 1 atom stereocenters. The molecule has 0 saturated heterocycles. The highest BCUT2D eigenvalue weighted by molar-refractivity contribution is 9.10. The molecule has 0 aliphatic heterocycles. The molecule has 1 unspecified atom stereocenters. The van der Waals surface area contributed by atoms with Gasteiger partial charge in [0.1, 0.15) is 5.67 Å². The van der Waals surface area contributed by atoms with Crippen LogP contribution < -0.4 is 5.73 Å². The third kappa shape index (κ3) is 3.29. The molecule has 0 fully saturated rings. The van der Waals surface area contributed by atoms with E-state index in [1.165, 1.54) is 12.5 Å². The SMILES string of the molecule is CC(C)Cc1ccc(C(C)(F)CN)cc1Br. The molecule has 1 aromatic rings. The maximum absolute atomic E-state index is 14.0. The van der Waals surface area contributed by atoms with Crippen molar-refractivity contribution in [3.05, 3.63) is 33.8 Å². The Balaban J connectivity index is 2.99. The van der Waals surface area contributed by atoms with Crippen molar-refractivity contribution in [2.45, 2.75) is 32.9 Å². The Labute approximate surface area is 105 Å². The summed E-state index contributed by atoms with van der Waals surface area (Å²) in [4.78, 5) is 0. The van der Waals surface area contributed by atoms with Crippen molar-refractivity contribution in [1.82, 2.24) is 0 Å². The number of hydrogen-bond acceptors (Lipinski definition) is 1. The first kappa shape index (κ1) is 13.7. The Morgan fingerprint density at radius 1 is 1.44 bits per heavy atom. The topological polar surface area (TPSA) is 26.0 Å². The number of alkyl halides is 1. The van der Waals surface area contributed by atoms with Gasteiger partial charge in [-0.1, -0.05) is 41.9 Å². The smallest absolute Gasteiger partial charge is 0.145 e. The predicted molar refractivity (Wildman–Crippen MR) is 70.2 cm³/mol. The molecule has 1 rings (SSSR count). The zero-order chi connectivity index (χ0) is 12.3. The lowest BCUT2D eigenvalue weighted by molar-refractivity contribution is 0.203. The van der Waals surface area contributed by atoms with E-state index in [1.807, 2.05) is 18.2 Å². The van der Waals surface area contributed by atoms with Gasteiger partial charge >= 0.3 is 0 Å². The Morgan fingerprint density at radius 2 is 2.06 bits per heavy atom. The average Bonchev–Trinajstić information content (AvgIpc) is 2.20. The van der Waals surface area contributed by atoms with Gasteiger partial charge in [-0.05, 0) is 36.5 Å². The third-order valence-electron chi connectivity index (χ3n) is 2.67. The van der Waals surface area contributed by atoms with E-state index in [9.17, 15) is 4.39 Å². The van der Waals surface area contributed by atoms with Crippen molar-refractivity contribution in [2.75, 3.05) is 6.54 Å². The summed E-state index contributed by atoms with van der Waals surface area (Å²) in [7, 11) is 0. The third-order valence-corrected chi connectivity index (χ3v) is 3.40. The van der Waals surface area contributed by atoms with Gasteiger partial charge in [0, 0.05) is 11.0 Å². The minimum atomic E-state index is -1.45. The fourth-order valence-corrected chi connectivity index (χ4v) is 2.14. The van der Waals surface area contributed by atoms with E-state index in [0.29, 0.717) is 11.5 Å². The van der Waals surface area contributed by atoms with Gasteiger partial charge < -0.3 is 5.73 Å². The van der Waals surface area contributed by atoms with Gasteiger partial charge in [0.2, 0.25) is 0 Å². The molecule has 1 aromatic carbocycles. The summed E-state index contributed by atoms with van der Waals surface area (Å²) >= 11 is 3.49. The summed E-state index contributed by atoms with van der Waals surface area (Å²) in [6, 6.07) is 5.65. The maximum Gasteiger partial charge on any atom is 0.145 e. The van der Waals surface area contributed by atoms with Gasteiger partial charge in [0.15, 0.2) is 0 Å². The highest BCUT2D eigenvalue weighted by atomic mass is 79.9. The van der Waals surface area contributed by atoms with Crippen LogP contribution in [0, 0.1) is 5.92 Å². The number of nitrogens with two attached hydrogens (primary N) is 1. The van der Waals surface area contributed by atoms with Gasteiger partial charge in [0.05, 0.1) is 0 Å². The highest BCUT2D eigenvalue weighted by Gasteiger charge is 2.24. The molecule has 0 amide bonds. The van der Waals surface area contributed by atoms with E-state index in [-0.39, 0.29) is 6.54 Å². The van der Waals surface area contributed by atoms with Crippen LogP contribution in [0.5, 0.6) is 0 Å². The van der Waals surface area contributed by atoms with Gasteiger partial charge in [0.25, 0.3) is 0 Å². The van der Waals surface area contributed by atoms with Crippen LogP contribution in [0.3, 0.4) is 0 Å². The summed E-state index contributed by atoms with van der Waals surface area (Å²) in [6.45, 7) is 5.85. The summed E-state index contributed by atoms with van der Waals surface area (Å²) in [5.74, 6) is 0.591. The van der Waals surface area contributed by atoms with Crippen molar-refractivity contribution in [2.24, 2.45) is 11.7 Å². The second kappa shape index (κ2) is 5.28. The van der Waals surface area contributed by atoms with Crippen molar-refractivity contribution in [3.63, 3.8) is 0 Å². The predicted octanol–water partition coefficient (Wildman–Crippen LogP) is 3.79. The van der Waals surface area contributed by atoms with E-state index in [1.54, 1.807) is 0 Å². The lowest BCUT2D eigenvalue weighted by Crippen LogP contribution is -2.26. The van der Waals surface area contributed by atoms with Crippen molar-refractivity contribution >= 4 is 15.9 Å². The van der Waals surface area contributed by atoms with Gasteiger partial charge in [-0.2, -0.15) is 0 Å². The molecule has 0 bridgehead atoms. The quantitative estimate of drug-likeness (QED) is 0.896. The first-order chi connectivity index (χ1) is 7.36. The fourth-order valence-electron chi connectivity index (χ4n) is 1.59. The lowest BCUT2D eigenvalue weighted by Gasteiger charge is -2.20. The summed E-state index contributed by atoms with van der Waals surface area (Å²) < 4.78 is 14.9. The van der Waals surface area contributed by atoms with Crippen LogP contribution in [0.4, 0.5) is 4.39 Å². The molecule has 3 heteroatoms. The van der Waals surface area contributed by atoms with E-state index in [2.05, 4.69) is 29.8 Å². The molecule has 0 aliphatic rings. The van der Waals surface area contributed by atoms with Crippen LogP contribution in [-0.2, 0) is 12.1 Å². The number of hydrogen-bond donors (Lipinski definition) is 1. The van der Waals surface area contributed by atoms with Gasteiger partial charge in [-0.25, -0.2) is 4.39 Å². The zero-order valence-electron chi connectivity index (χ0n) is 10.1. The van der Waals surface area contributed by atoms with E-state index >= 15 is 0 Å². The second-order valence-electron chi connectivity index (χ2n) is 4.81. The fraction of sp³-hybridized carbons (Fsp3) is 0.538. The van der Waals surface area contributed by atoms with E-state index < -0.39 is 5.67 Å². The van der Waals surface area contributed by atoms with Crippen molar-refractivity contribution in [1.29, 1.82) is 0 Å². The van der Waals surface area contributed by atoms with Crippen LogP contribution in [-0.4, -0.2) is 6.54 Å². The first-order valence-corrected chi connectivity index (χ1v) is 6.34. The molecular formula is C13H19BrFN. The zero-order valence-corrected chi connectivity index (χ0v) is 11.6. The average molecular weight is 288 g/mol. The monoisotopic (exact) mass is 287 g/mol. The van der Waals surface area contributed by atoms with Crippen LogP contribution in [0.15, 0.2) is 22.7 Å². The second-order valence-corrected chi connectivity index (χ2v) is 5.66. The number of rotatable bonds is 4. The van der Waals surface area contributed by atoms with E-state index in [0.717, 1.165) is 10.9 Å². The first-order valence-electron chi connectivity index (χ1n) is 5.54. The Morgan fingerprint density at radius 3 is 2.50 bits per heavy atom. The minimum absolute atomic E-state index is 0.00294. The van der Waals surface area contributed by atoms with Gasteiger partial charge in [-0.3, -0.25) is 0 Å². The van der Waals surface area contributed by atoms with Crippen molar-refractivity contribution in [3.8, 4) is 0 Å². The molecule has 16 heavy (non-hydrogen) atoms. The molecular weight excluding hydrogens is 269 g/mol. The molecule has 0 heterocycles. The van der Waals surface area contributed by atoms with Crippen LogP contribution in [0.2, 0.25) is 0 Å². The highest BCUT2D eigenvalue weighted by Crippen LogP contribution is 2.29. The Kier molecular flexibility index (Phi) is 4.51. The molecule has 2 N–H and O–H groups in total. The normalized spacial score (nSPS) is 15.2. The molecule has 0 aromatic heterocycles. The molecule has 1 nitrogen and oxygen atoms in total. The number of halogens is 2. The molecule has 0 saturated carbocycles. The molecule has 0 spiro atoms. The Hall–Kier alpha value is -0.410. The largest absolute Gasteiger partial charge is 0.327 e.